The normalized spacial score (nSPS) is 11.0. The van der Waals surface area contributed by atoms with Gasteiger partial charge in [-0.05, 0) is 72.5 Å². The van der Waals surface area contributed by atoms with Crippen molar-refractivity contribution in [2.75, 3.05) is 0 Å². The highest BCUT2D eigenvalue weighted by Gasteiger charge is 1.99. The summed E-state index contributed by atoms with van der Waals surface area (Å²) >= 11 is 6.00. The predicted molar refractivity (Wildman–Crippen MR) is 105 cm³/mol. The number of hydrogen-bond donors (Lipinski definition) is 0. The minimum Gasteiger partial charge on any atom is -0.489 e. The average molecular weight is 350 g/mol. The van der Waals surface area contributed by atoms with Gasteiger partial charge in [-0.2, -0.15) is 0 Å². The van der Waals surface area contributed by atoms with Crippen molar-refractivity contribution in [2.24, 2.45) is 4.99 Å². The predicted octanol–water partition coefficient (Wildman–Crippen LogP) is 6.29. The van der Waals surface area contributed by atoms with Crippen molar-refractivity contribution in [3.05, 3.63) is 94.0 Å². The van der Waals surface area contributed by atoms with E-state index in [0.29, 0.717) is 6.61 Å². The van der Waals surface area contributed by atoms with Gasteiger partial charge in [0.25, 0.3) is 0 Å². The second-order valence-electron chi connectivity index (χ2n) is 6.02. The van der Waals surface area contributed by atoms with E-state index in [1.165, 1.54) is 11.1 Å². The Morgan fingerprint density at radius 3 is 2.56 bits per heavy atom. The highest BCUT2D eigenvalue weighted by atomic mass is 35.5. The van der Waals surface area contributed by atoms with Crippen molar-refractivity contribution >= 4 is 23.5 Å². The molecule has 126 valence electrons. The van der Waals surface area contributed by atoms with E-state index >= 15 is 0 Å². The van der Waals surface area contributed by atoms with Crippen LogP contribution < -0.4 is 4.74 Å². The summed E-state index contributed by atoms with van der Waals surface area (Å²) in [4.78, 5) is 4.55. The van der Waals surface area contributed by atoms with Crippen molar-refractivity contribution in [2.45, 2.75) is 20.5 Å². The van der Waals surface area contributed by atoms with E-state index < -0.39 is 0 Å². The molecule has 3 rings (SSSR count). The SMILES string of the molecule is Cc1ccc(N=Cc2cccc(OCc3cccc(Cl)c3)c2)cc1C. The fourth-order valence-corrected chi connectivity index (χ4v) is 2.65. The van der Waals surface area contributed by atoms with Crippen molar-refractivity contribution < 1.29 is 4.74 Å². The third kappa shape index (κ3) is 4.94. The first-order valence-electron chi connectivity index (χ1n) is 8.19. The Morgan fingerprint density at radius 1 is 0.920 bits per heavy atom. The molecule has 0 aliphatic heterocycles. The first-order chi connectivity index (χ1) is 12.1. The molecule has 0 unspecified atom stereocenters. The molecular formula is C22H20ClNO. The molecule has 0 N–H and O–H groups in total. The van der Waals surface area contributed by atoms with Crippen molar-refractivity contribution in [1.82, 2.24) is 0 Å². The molecule has 0 saturated carbocycles. The van der Waals surface area contributed by atoms with Crippen LogP contribution in [0.4, 0.5) is 5.69 Å². The first-order valence-corrected chi connectivity index (χ1v) is 8.56. The lowest BCUT2D eigenvalue weighted by Crippen LogP contribution is -1.95. The molecule has 0 radical (unpaired) electrons. The van der Waals surface area contributed by atoms with Gasteiger partial charge in [0, 0.05) is 11.2 Å². The summed E-state index contributed by atoms with van der Waals surface area (Å²) in [5, 5.41) is 0.718. The standard InChI is InChI=1S/C22H20ClNO/c1-16-9-10-21(11-17(16)2)24-14-18-5-4-8-22(13-18)25-15-19-6-3-7-20(23)12-19/h3-14H,15H2,1-2H3. The summed E-state index contributed by atoms with van der Waals surface area (Å²) in [5.74, 6) is 0.809. The molecule has 3 aromatic carbocycles. The Hall–Kier alpha value is -2.58. The maximum atomic E-state index is 6.00. The van der Waals surface area contributed by atoms with Gasteiger partial charge in [0.05, 0.1) is 5.69 Å². The molecule has 0 aliphatic carbocycles. The highest BCUT2D eigenvalue weighted by Crippen LogP contribution is 2.19. The van der Waals surface area contributed by atoms with Gasteiger partial charge < -0.3 is 4.74 Å². The molecule has 0 heterocycles. The monoisotopic (exact) mass is 349 g/mol. The zero-order chi connectivity index (χ0) is 17.6. The highest BCUT2D eigenvalue weighted by molar-refractivity contribution is 6.30. The summed E-state index contributed by atoms with van der Waals surface area (Å²) in [5.41, 5.74) is 5.51. The number of aliphatic imine (C=N–C) groups is 1. The molecule has 25 heavy (non-hydrogen) atoms. The number of halogens is 1. The zero-order valence-corrected chi connectivity index (χ0v) is 15.1. The Morgan fingerprint density at radius 2 is 1.76 bits per heavy atom. The van der Waals surface area contributed by atoms with Crippen LogP contribution in [0.2, 0.25) is 5.02 Å². The van der Waals surface area contributed by atoms with Crippen LogP contribution in [0.15, 0.2) is 71.7 Å². The van der Waals surface area contributed by atoms with Crippen molar-refractivity contribution in [1.29, 1.82) is 0 Å². The van der Waals surface area contributed by atoms with Crippen LogP contribution in [-0.2, 0) is 6.61 Å². The summed E-state index contributed by atoms with van der Waals surface area (Å²) in [6.45, 7) is 4.68. The minimum atomic E-state index is 0.484. The molecule has 3 aromatic rings. The van der Waals surface area contributed by atoms with Gasteiger partial charge in [-0.15, -0.1) is 0 Å². The molecule has 0 aromatic heterocycles. The zero-order valence-electron chi connectivity index (χ0n) is 14.4. The van der Waals surface area contributed by atoms with Gasteiger partial charge in [-0.1, -0.05) is 41.9 Å². The topological polar surface area (TPSA) is 21.6 Å². The minimum absolute atomic E-state index is 0.484. The molecule has 0 aliphatic rings. The second-order valence-corrected chi connectivity index (χ2v) is 6.45. The molecule has 0 bridgehead atoms. The number of ether oxygens (including phenoxy) is 1. The van der Waals surface area contributed by atoms with Gasteiger partial charge in [0.15, 0.2) is 0 Å². The first kappa shape index (κ1) is 17.2. The van der Waals surface area contributed by atoms with E-state index in [-0.39, 0.29) is 0 Å². The van der Waals surface area contributed by atoms with Gasteiger partial charge in [-0.25, -0.2) is 0 Å². The smallest absolute Gasteiger partial charge is 0.120 e. The average Bonchev–Trinajstić information content (AvgIpc) is 2.61. The number of rotatable bonds is 5. The van der Waals surface area contributed by atoms with E-state index in [1.807, 2.05) is 60.8 Å². The van der Waals surface area contributed by atoms with Crippen LogP contribution in [0.5, 0.6) is 5.75 Å². The molecular weight excluding hydrogens is 330 g/mol. The van der Waals surface area contributed by atoms with E-state index in [2.05, 4.69) is 31.0 Å². The second kappa shape index (κ2) is 8.00. The molecule has 2 nitrogen and oxygen atoms in total. The third-order valence-corrected chi connectivity index (χ3v) is 4.24. The number of hydrogen-bond acceptors (Lipinski definition) is 2. The van der Waals surface area contributed by atoms with Gasteiger partial charge in [0.2, 0.25) is 0 Å². The molecule has 0 spiro atoms. The van der Waals surface area contributed by atoms with Crippen LogP contribution in [0.3, 0.4) is 0 Å². The number of aryl methyl sites for hydroxylation is 2. The summed E-state index contributed by atoms with van der Waals surface area (Å²) in [6.07, 6.45) is 1.86. The third-order valence-electron chi connectivity index (χ3n) is 4.01. The van der Waals surface area contributed by atoms with E-state index in [9.17, 15) is 0 Å². The van der Waals surface area contributed by atoms with Gasteiger partial charge in [0.1, 0.15) is 12.4 Å². The Kier molecular flexibility index (Phi) is 5.52. The quantitative estimate of drug-likeness (QED) is 0.496. The van der Waals surface area contributed by atoms with Crippen LogP contribution in [0.1, 0.15) is 22.3 Å². The number of nitrogens with zero attached hydrogens (tertiary/aromatic N) is 1. The molecule has 3 heteroatoms. The van der Waals surface area contributed by atoms with Gasteiger partial charge >= 0.3 is 0 Å². The maximum absolute atomic E-state index is 6.00. The number of benzene rings is 3. The molecule has 0 amide bonds. The summed E-state index contributed by atoms with van der Waals surface area (Å²) in [6, 6.07) is 21.8. The van der Waals surface area contributed by atoms with E-state index in [1.54, 1.807) is 0 Å². The van der Waals surface area contributed by atoms with Crippen LogP contribution in [-0.4, -0.2) is 6.21 Å². The van der Waals surface area contributed by atoms with E-state index in [4.69, 9.17) is 16.3 Å². The Labute approximate surface area is 153 Å². The lowest BCUT2D eigenvalue weighted by atomic mass is 10.1. The lowest BCUT2D eigenvalue weighted by Gasteiger charge is -2.07. The van der Waals surface area contributed by atoms with Crippen LogP contribution in [0.25, 0.3) is 0 Å². The van der Waals surface area contributed by atoms with Gasteiger partial charge in [-0.3, -0.25) is 4.99 Å². The van der Waals surface area contributed by atoms with Crippen molar-refractivity contribution in [3.63, 3.8) is 0 Å². The lowest BCUT2D eigenvalue weighted by molar-refractivity contribution is 0.306. The molecule has 0 saturated heterocycles. The maximum Gasteiger partial charge on any atom is 0.120 e. The van der Waals surface area contributed by atoms with Crippen LogP contribution >= 0.6 is 11.6 Å². The van der Waals surface area contributed by atoms with Crippen LogP contribution in [0, 0.1) is 13.8 Å². The molecule has 0 atom stereocenters. The Balaban J connectivity index is 1.68. The summed E-state index contributed by atoms with van der Waals surface area (Å²) in [7, 11) is 0. The molecule has 0 fully saturated rings. The fourth-order valence-electron chi connectivity index (χ4n) is 2.43. The fraction of sp³-hybridized carbons (Fsp3) is 0.136. The van der Waals surface area contributed by atoms with E-state index in [0.717, 1.165) is 27.6 Å². The summed E-state index contributed by atoms with van der Waals surface area (Å²) < 4.78 is 5.85. The Bertz CT molecular complexity index is 902. The van der Waals surface area contributed by atoms with Crippen molar-refractivity contribution in [3.8, 4) is 5.75 Å². The largest absolute Gasteiger partial charge is 0.489 e.